The highest BCUT2D eigenvalue weighted by Crippen LogP contribution is 2.06. The molecule has 0 fully saturated rings. The third kappa shape index (κ3) is 9.48. The fourth-order valence-corrected chi connectivity index (χ4v) is 0.995. The minimum absolute atomic E-state index is 0.829. The van der Waals surface area contributed by atoms with Gasteiger partial charge in [-0.25, -0.2) is 0 Å². The van der Waals surface area contributed by atoms with Gasteiger partial charge in [0.05, 0.1) is 0 Å². The Hall–Kier alpha value is -0.520. The van der Waals surface area contributed by atoms with Crippen LogP contribution >= 0.6 is 0 Å². The Morgan fingerprint density at radius 1 is 1.25 bits per heavy atom. The first-order valence-corrected chi connectivity index (χ1v) is 4.92. The van der Waals surface area contributed by atoms with E-state index in [1.807, 2.05) is 0 Å². The number of rotatable bonds is 6. The molecule has 0 heteroatoms. The summed E-state index contributed by atoms with van der Waals surface area (Å²) < 4.78 is 0. The van der Waals surface area contributed by atoms with Gasteiger partial charge >= 0.3 is 0 Å². The fourth-order valence-electron chi connectivity index (χ4n) is 0.995. The lowest BCUT2D eigenvalue weighted by molar-refractivity contribution is 0.594. The van der Waals surface area contributed by atoms with Crippen molar-refractivity contribution in [3.63, 3.8) is 0 Å². The van der Waals surface area contributed by atoms with Crippen LogP contribution in [0.1, 0.15) is 46.5 Å². The molecule has 0 rings (SSSR count). The molecule has 0 saturated heterocycles. The molecule has 12 heavy (non-hydrogen) atoms. The molecule has 70 valence electrons. The predicted octanol–water partition coefficient (Wildman–Crippen LogP) is 4.34. The maximum absolute atomic E-state index is 3.87. The molecule has 0 unspecified atom stereocenters. The van der Waals surface area contributed by atoms with Crippen molar-refractivity contribution >= 4 is 0 Å². The molecule has 0 aliphatic carbocycles. The van der Waals surface area contributed by atoms with Crippen molar-refractivity contribution in [2.75, 3.05) is 0 Å². The molecule has 0 aliphatic heterocycles. The smallest absolute Gasteiger partial charge is 0.0291 e. The van der Waals surface area contributed by atoms with Gasteiger partial charge in [-0.05, 0) is 38.5 Å². The van der Waals surface area contributed by atoms with Crippen molar-refractivity contribution in [1.29, 1.82) is 0 Å². The van der Waals surface area contributed by atoms with Crippen LogP contribution in [-0.4, -0.2) is 0 Å². The average molecular weight is 166 g/mol. The largest absolute Gasteiger partial charge is 0.100 e. The molecule has 0 atom stereocenters. The van der Waals surface area contributed by atoms with E-state index in [0.29, 0.717) is 0 Å². The van der Waals surface area contributed by atoms with Gasteiger partial charge in [-0.15, -0.1) is 6.58 Å². The van der Waals surface area contributed by atoms with Crippen LogP contribution in [0.15, 0.2) is 24.3 Å². The van der Waals surface area contributed by atoms with Crippen LogP contribution in [0.25, 0.3) is 0 Å². The topological polar surface area (TPSA) is 0 Å². The van der Waals surface area contributed by atoms with Gasteiger partial charge in [0.1, 0.15) is 0 Å². The van der Waals surface area contributed by atoms with Gasteiger partial charge < -0.3 is 0 Å². The lowest BCUT2D eigenvalue weighted by Gasteiger charge is -1.98. The highest BCUT2D eigenvalue weighted by molar-refractivity contribution is 4.92. The van der Waals surface area contributed by atoms with Crippen LogP contribution in [0, 0.1) is 5.92 Å². The normalized spacial score (nSPS) is 11.3. The fraction of sp³-hybridized carbons (Fsp3) is 0.667. The Kier molecular flexibility index (Phi) is 6.84. The van der Waals surface area contributed by atoms with E-state index in [9.17, 15) is 0 Å². The zero-order valence-electron chi connectivity index (χ0n) is 8.77. The van der Waals surface area contributed by atoms with Gasteiger partial charge in [0.25, 0.3) is 0 Å². The second kappa shape index (κ2) is 7.15. The van der Waals surface area contributed by atoms with Crippen LogP contribution in [0.5, 0.6) is 0 Å². The molecule has 0 heterocycles. The van der Waals surface area contributed by atoms with Gasteiger partial charge in [-0.3, -0.25) is 0 Å². The summed E-state index contributed by atoms with van der Waals surface area (Å²) in [6.45, 7) is 10.5. The van der Waals surface area contributed by atoms with Crippen molar-refractivity contribution < 1.29 is 0 Å². The molecule has 0 spiro atoms. The molecule has 0 N–H and O–H groups in total. The quantitative estimate of drug-likeness (QED) is 0.515. The summed E-state index contributed by atoms with van der Waals surface area (Å²) in [7, 11) is 0. The van der Waals surface area contributed by atoms with Crippen LogP contribution in [-0.2, 0) is 0 Å². The Bertz CT molecular complexity index is 140. The first-order valence-electron chi connectivity index (χ1n) is 4.92. The van der Waals surface area contributed by atoms with Crippen LogP contribution in [0.4, 0.5) is 0 Å². The zero-order valence-corrected chi connectivity index (χ0v) is 8.77. The van der Waals surface area contributed by atoms with E-state index >= 15 is 0 Å². The monoisotopic (exact) mass is 166 g/mol. The third-order valence-corrected chi connectivity index (χ3v) is 1.82. The van der Waals surface area contributed by atoms with E-state index in [1.165, 1.54) is 18.4 Å². The molecule has 0 aromatic rings. The summed E-state index contributed by atoms with van der Waals surface area (Å²) in [5, 5.41) is 0. The van der Waals surface area contributed by atoms with Gasteiger partial charge in [-0.1, -0.05) is 31.6 Å². The molecule has 0 saturated carbocycles. The summed E-state index contributed by atoms with van der Waals surface area (Å²) in [5.74, 6) is 0.829. The van der Waals surface area contributed by atoms with Crippen molar-refractivity contribution in [2.45, 2.75) is 46.5 Å². The van der Waals surface area contributed by atoms with Crippen molar-refractivity contribution in [3.05, 3.63) is 24.3 Å². The minimum Gasteiger partial charge on any atom is -0.100 e. The van der Waals surface area contributed by atoms with Crippen molar-refractivity contribution in [2.24, 2.45) is 5.92 Å². The SMILES string of the molecule is C=C(C)CCC=CCCC(C)C. The molecule has 0 aliphatic rings. The number of hydrogen-bond acceptors (Lipinski definition) is 0. The van der Waals surface area contributed by atoms with E-state index in [0.717, 1.165) is 18.8 Å². The highest BCUT2D eigenvalue weighted by atomic mass is 14.0. The van der Waals surface area contributed by atoms with E-state index in [2.05, 4.69) is 39.5 Å². The molecule has 0 amide bonds. The van der Waals surface area contributed by atoms with Crippen LogP contribution < -0.4 is 0 Å². The minimum atomic E-state index is 0.829. The Labute approximate surface area is 77.4 Å². The highest BCUT2D eigenvalue weighted by Gasteiger charge is 1.89. The average Bonchev–Trinajstić information content (AvgIpc) is 1.95. The molecule has 0 aromatic carbocycles. The molecule has 0 nitrogen and oxygen atoms in total. The number of hydrogen-bond donors (Lipinski definition) is 0. The third-order valence-electron chi connectivity index (χ3n) is 1.82. The first-order chi connectivity index (χ1) is 5.63. The second-order valence-electron chi connectivity index (χ2n) is 3.94. The van der Waals surface area contributed by atoms with Gasteiger partial charge in [-0.2, -0.15) is 0 Å². The lowest BCUT2D eigenvalue weighted by atomic mass is 10.1. The zero-order chi connectivity index (χ0) is 9.40. The Morgan fingerprint density at radius 2 is 1.83 bits per heavy atom. The van der Waals surface area contributed by atoms with E-state index in [4.69, 9.17) is 0 Å². The molecule has 0 aromatic heterocycles. The van der Waals surface area contributed by atoms with E-state index in [1.54, 1.807) is 0 Å². The van der Waals surface area contributed by atoms with Crippen molar-refractivity contribution in [3.8, 4) is 0 Å². The Balaban J connectivity index is 3.20. The van der Waals surface area contributed by atoms with E-state index in [-0.39, 0.29) is 0 Å². The van der Waals surface area contributed by atoms with Crippen LogP contribution in [0.2, 0.25) is 0 Å². The van der Waals surface area contributed by atoms with Gasteiger partial charge in [0, 0.05) is 0 Å². The molecule has 0 radical (unpaired) electrons. The Morgan fingerprint density at radius 3 is 2.33 bits per heavy atom. The molecular formula is C12H22. The molecular weight excluding hydrogens is 144 g/mol. The van der Waals surface area contributed by atoms with Gasteiger partial charge in [0.15, 0.2) is 0 Å². The van der Waals surface area contributed by atoms with E-state index < -0.39 is 0 Å². The molecule has 0 bridgehead atoms. The maximum atomic E-state index is 3.87. The predicted molar refractivity (Wildman–Crippen MR) is 57.3 cm³/mol. The first kappa shape index (κ1) is 11.5. The maximum Gasteiger partial charge on any atom is -0.0291 e. The standard InChI is InChI=1S/C12H22/c1-11(2)9-7-5-6-8-10-12(3)4/h5-6,12H,1,7-10H2,2-4H3. The van der Waals surface area contributed by atoms with Crippen LogP contribution in [0.3, 0.4) is 0 Å². The summed E-state index contributed by atoms with van der Waals surface area (Å²) in [6.07, 6.45) is 9.41. The lowest BCUT2D eigenvalue weighted by Crippen LogP contribution is -1.83. The summed E-state index contributed by atoms with van der Waals surface area (Å²) in [4.78, 5) is 0. The summed E-state index contributed by atoms with van der Waals surface area (Å²) >= 11 is 0. The summed E-state index contributed by atoms with van der Waals surface area (Å²) in [5.41, 5.74) is 1.28. The summed E-state index contributed by atoms with van der Waals surface area (Å²) in [6, 6.07) is 0. The number of allylic oxidation sites excluding steroid dienone is 3. The second-order valence-corrected chi connectivity index (χ2v) is 3.94. The van der Waals surface area contributed by atoms with Crippen molar-refractivity contribution in [1.82, 2.24) is 0 Å². The van der Waals surface area contributed by atoms with Gasteiger partial charge in [0.2, 0.25) is 0 Å².